The van der Waals surface area contributed by atoms with Crippen LogP contribution in [0.4, 0.5) is 11.5 Å². The Hall–Kier alpha value is -2.71. The third-order valence-electron chi connectivity index (χ3n) is 2.93. The monoisotopic (exact) mass is 293 g/mol. The van der Waals surface area contributed by atoms with Gasteiger partial charge in [0.15, 0.2) is 0 Å². The summed E-state index contributed by atoms with van der Waals surface area (Å²) < 4.78 is 0. The first-order valence-electron chi connectivity index (χ1n) is 6.41. The van der Waals surface area contributed by atoms with Crippen LogP contribution in [0.2, 0.25) is 0 Å². The van der Waals surface area contributed by atoms with E-state index in [2.05, 4.69) is 20.9 Å². The van der Waals surface area contributed by atoms with Gasteiger partial charge in [-0.05, 0) is 12.8 Å². The van der Waals surface area contributed by atoms with Gasteiger partial charge in [-0.1, -0.05) is 0 Å². The first kappa shape index (κ1) is 14.7. The van der Waals surface area contributed by atoms with Crippen molar-refractivity contribution in [3.8, 4) is 0 Å². The lowest BCUT2D eigenvalue weighted by Gasteiger charge is -2.07. The van der Waals surface area contributed by atoms with Crippen LogP contribution >= 0.6 is 0 Å². The van der Waals surface area contributed by atoms with Gasteiger partial charge in [0.1, 0.15) is 17.6 Å². The molecule has 0 saturated heterocycles. The van der Waals surface area contributed by atoms with Crippen LogP contribution in [0.1, 0.15) is 23.2 Å². The number of carbonyl (C=O) groups is 2. The molecule has 0 aliphatic heterocycles. The fraction of sp³-hybridized carbons (Fsp3) is 0.417. The Morgan fingerprint density at radius 3 is 2.76 bits per heavy atom. The minimum absolute atomic E-state index is 0.140. The zero-order valence-electron chi connectivity index (χ0n) is 11.4. The van der Waals surface area contributed by atoms with E-state index in [4.69, 9.17) is 0 Å². The van der Waals surface area contributed by atoms with Gasteiger partial charge in [0.2, 0.25) is 5.91 Å². The lowest BCUT2D eigenvalue weighted by atomic mass is 10.2. The molecule has 2 rings (SSSR count). The van der Waals surface area contributed by atoms with Crippen molar-refractivity contribution in [1.29, 1.82) is 0 Å². The minimum atomic E-state index is -0.689. The number of hydrogen-bond donors (Lipinski definition) is 3. The maximum atomic E-state index is 12.0. The zero-order chi connectivity index (χ0) is 15.4. The van der Waals surface area contributed by atoms with Crippen molar-refractivity contribution in [3.63, 3.8) is 0 Å². The Morgan fingerprint density at radius 1 is 1.48 bits per heavy atom. The predicted octanol–water partition coefficient (Wildman–Crippen LogP) is 0.0399. The number of nitrogens with one attached hydrogen (secondary N) is 3. The highest BCUT2D eigenvalue weighted by atomic mass is 16.6. The quantitative estimate of drug-likeness (QED) is 0.502. The fourth-order valence-electron chi connectivity index (χ4n) is 1.67. The zero-order valence-corrected chi connectivity index (χ0v) is 11.4. The summed E-state index contributed by atoms with van der Waals surface area (Å²) in [4.78, 5) is 37.5. The summed E-state index contributed by atoms with van der Waals surface area (Å²) in [6.45, 7) is -0.219. The molecular weight excluding hydrogens is 278 g/mol. The molecule has 0 bridgehead atoms. The van der Waals surface area contributed by atoms with Crippen LogP contribution in [-0.2, 0) is 4.79 Å². The summed E-state index contributed by atoms with van der Waals surface area (Å²) in [5.41, 5.74) is -0.548. The van der Waals surface area contributed by atoms with Crippen LogP contribution in [0.25, 0.3) is 0 Å². The Balaban J connectivity index is 2.05. The van der Waals surface area contributed by atoms with Gasteiger partial charge < -0.3 is 16.0 Å². The average molecular weight is 293 g/mol. The molecule has 1 aromatic heterocycles. The highest BCUT2D eigenvalue weighted by molar-refractivity contribution is 6.00. The van der Waals surface area contributed by atoms with E-state index in [0.717, 1.165) is 19.0 Å². The highest BCUT2D eigenvalue weighted by Crippen LogP contribution is 2.20. The van der Waals surface area contributed by atoms with Gasteiger partial charge in [0.25, 0.3) is 11.6 Å². The maximum Gasteiger partial charge on any atom is 0.300 e. The third-order valence-corrected chi connectivity index (χ3v) is 2.93. The normalized spacial score (nSPS) is 13.4. The number of hydrogen-bond acceptors (Lipinski definition) is 6. The number of nitro groups is 1. The Bertz CT molecular complexity index is 585. The van der Waals surface area contributed by atoms with Gasteiger partial charge in [-0.2, -0.15) is 0 Å². The Kier molecular flexibility index (Phi) is 4.31. The Labute approximate surface area is 120 Å². The predicted molar refractivity (Wildman–Crippen MR) is 73.9 cm³/mol. The van der Waals surface area contributed by atoms with Crippen LogP contribution in [0.15, 0.2) is 12.3 Å². The van der Waals surface area contributed by atoms with Crippen molar-refractivity contribution >= 4 is 23.3 Å². The summed E-state index contributed by atoms with van der Waals surface area (Å²) in [6.07, 6.45) is 2.90. The molecule has 3 N–H and O–H groups in total. The van der Waals surface area contributed by atoms with Gasteiger partial charge in [-0.3, -0.25) is 19.7 Å². The van der Waals surface area contributed by atoms with Gasteiger partial charge >= 0.3 is 0 Å². The van der Waals surface area contributed by atoms with Crippen LogP contribution < -0.4 is 16.0 Å². The van der Waals surface area contributed by atoms with E-state index in [-0.39, 0.29) is 24.1 Å². The summed E-state index contributed by atoms with van der Waals surface area (Å²) in [7, 11) is 1.58. The smallest absolute Gasteiger partial charge is 0.300 e. The molecule has 0 aromatic carbocycles. The van der Waals surface area contributed by atoms with E-state index in [1.807, 2.05) is 0 Å². The molecule has 112 valence electrons. The molecule has 21 heavy (non-hydrogen) atoms. The van der Waals surface area contributed by atoms with Gasteiger partial charge in [-0.15, -0.1) is 0 Å². The summed E-state index contributed by atoms with van der Waals surface area (Å²) >= 11 is 0. The largest absolute Gasteiger partial charge is 0.373 e. The van der Waals surface area contributed by atoms with E-state index in [0.29, 0.717) is 5.82 Å². The van der Waals surface area contributed by atoms with Crippen LogP contribution in [0.5, 0.6) is 0 Å². The molecule has 0 unspecified atom stereocenters. The number of pyridine rings is 1. The highest BCUT2D eigenvalue weighted by Gasteiger charge is 2.25. The molecule has 1 aliphatic rings. The van der Waals surface area contributed by atoms with Gasteiger partial charge in [0, 0.05) is 19.2 Å². The topological polar surface area (TPSA) is 126 Å². The van der Waals surface area contributed by atoms with Crippen molar-refractivity contribution < 1.29 is 14.5 Å². The maximum absolute atomic E-state index is 12.0. The molecule has 1 aliphatic carbocycles. The molecule has 1 fully saturated rings. The van der Waals surface area contributed by atoms with Crippen molar-refractivity contribution in [2.75, 3.05) is 18.9 Å². The lowest BCUT2D eigenvalue weighted by molar-refractivity contribution is -0.385. The molecule has 0 atom stereocenters. The lowest BCUT2D eigenvalue weighted by Crippen LogP contribution is -2.38. The molecular formula is C12H15N5O4. The van der Waals surface area contributed by atoms with Crippen molar-refractivity contribution in [3.05, 3.63) is 27.9 Å². The first-order valence-corrected chi connectivity index (χ1v) is 6.41. The molecule has 1 heterocycles. The summed E-state index contributed by atoms with van der Waals surface area (Å²) in [5, 5.41) is 18.7. The SMILES string of the molecule is CNc1cc(C(=O)NCC(=O)NC2CC2)c([N+](=O)[O-])cn1. The number of carbonyl (C=O) groups excluding carboxylic acids is 2. The molecule has 9 heteroatoms. The van der Waals surface area contributed by atoms with Crippen molar-refractivity contribution in [2.45, 2.75) is 18.9 Å². The van der Waals surface area contributed by atoms with E-state index in [1.165, 1.54) is 6.07 Å². The summed E-state index contributed by atoms with van der Waals surface area (Å²) in [6, 6.07) is 1.47. The summed E-state index contributed by atoms with van der Waals surface area (Å²) in [5.74, 6) is -0.670. The van der Waals surface area contributed by atoms with Gasteiger partial charge in [0.05, 0.1) is 11.5 Å². The fourth-order valence-corrected chi connectivity index (χ4v) is 1.67. The molecule has 1 saturated carbocycles. The van der Waals surface area contributed by atoms with Crippen molar-refractivity contribution in [2.24, 2.45) is 0 Å². The second-order valence-corrected chi connectivity index (χ2v) is 4.62. The molecule has 2 amide bonds. The van der Waals surface area contributed by atoms with Crippen molar-refractivity contribution in [1.82, 2.24) is 15.6 Å². The van der Waals surface area contributed by atoms with Gasteiger partial charge in [-0.25, -0.2) is 4.98 Å². The second kappa shape index (κ2) is 6.16. The van der Waals surface area contributed by atoms with E-state index in [1.54, 1.807) is 7.05 Å². The number of amides is 2. The molecule has 1 aromatic rings. The number of nitrogens with zero attached hydrogens (tertiary/aromatic N) is 2. The van der Waals surface area contributed by atoms with Crippen LogP contribution in [-0.4, -0.2) is 41.4 Å². The minimum Gasteiger partial charge on any atom is -0.373 e. The Morgan fingerprint density at radius 2 is 2.19 bits per heavy atom. The molecule has 0 radical (unpaired) electrons. The van der Waals surface area contributed by atoms with E-state index in [9.17, 15) is 19.7 Å². The number of rotatable bonds is 6. The van der Waals surface area contributed by atoms with E-state index >= 15 is 0 Å². The molecule has 0 spiro atoms. The second-order valence-electron chi connectivity index (χ2n) is 4.62. The standard InChI is InChI=1S/C12H15N5O4/c1-13-10-4-8(9(5-14-10)17(20)21)12(19)15-6-11(18)16-7-2-3-7/h4-5,7H,2-3,6H2,1H3,(H,13,14)(H,15,19)(H,16,18). The third kappa shape index (κ3) is 3.88. The van der Waals surface area contributed by atoms with E-state index < -0.39 is 16.5 Å². The van der Waals surface area contributed by atoms with Crippen LogP contribution in [0.3, 0.4) is 0 Å². The number of aromatic nitrogens is 1. The number of anilines is 1. The first-order chi connectivity index (χ1) is 10.0. The van der Waals surface area contributed by atoms with Crippen LogP contribution in [0, 0.1) is 10.1 Å². The average Bonchev–Trinajstić information content (AvgIpc) is 3.27. The molecule has 9 nitrogen and oxygen atoms in total.